The predicted molar refractivity (Wildman–Crippen MR) is 205 cm³/mol. The van der Waals surface area contributed by atoms with Gasteiger partial charge in [0.25, 0.3) is 0 Å². The molecule has 3 heterocycles. The van der Waals surface area contributed by atoms with E-state index in [2.05, 4.69) is 52.5 Å². The summed E-state index contributed by atoms with van der Waals surface area (Å²) in [6.07, 6.45) is 5.57. The van der Waals surface area contributed by atoms with Crippen molar-refractivity contribution in [2.75, 3.05) is 26.7 Å². The molecule has 6 rings (SSSR count). The Morgan fingerprint density at radius 3 is 2.48 bits per heavy atom. The van der Waals surface area contributed by atoms with E-state index < -0.39 is 0 Å². The van der Waals surface area contributed by atoms with Crippen LogP contribution in [0.2, 0.25) is 10.0 Å². The van der Waals surface area contributed by atoms with E-state index >= 15 is 0 Å². The van der Waals surface area contributed by atoms with E-state index in [0.717, 1.165) is 57.9 Å². The predicted octanol–water partition coefficient (Wildman–Crippen LogP) is 8.45. The lowest BCUT2D eigenvalue weighted by molar-refractivity contribution is 0.150. The van der Waals surface area contributed by atoms with Gasteiger partial charge in [0.1, 0.15) is 36.5 Å². The topological polar surface area (TPSA) is 97.5 Å². The molecule has 1 aliphatic heterocycles. The number of halogens is 2. The summed E-state index contributed by atoms with van der Waals surface area (Å²) in [4.78, 5) is 6.53. The van der Waals surface area contributed by atoms with E-state index in [0.29, 0.717) is 58.5 Å². The second-order valence-electron chi connectivity index (χ2n) is 13.5. The Labute approximate surface area is 316 Å². The van der Waals surface area contributed by atoms with Crippen LogP contribution in [0.4, 0.5) is 0 Å². The second-order valence-corrected chi connectivity index (χ2v) is 14.2. The van der Waals surface area contributed by atoms with E-state index in [1.54, 1.807) is 12.3 Å². The summed E-state index contributed by atoms with van der Waals surface area (Å²) in [5.41, 5.74) is 8.13. The van der Waals surface area contributed by atoms with Crippen LogP contribution in [0.1, 0.15) is 52.0 Å². The minimum Gasteiger partial charge on any atom is -0.492 e. The van der Waals surface area contributed by atoms with Crippen molar-refractivity contribution in [1.29, 1.82) is 5.26 Å². The van der Waals surface area contributed by atoms with E-state index in [-0.39, 0.29) is 13.2 Å². The molecule has 5 aromatic rings. The fourth-order valence-electron chi connectivity index (χ4n) is 6.53. The molecule has 0 aliphatic carbocycles. The van der Waals surface area contributed by atoms with Gasteiger partial charge in [-0.1, -0.05) is 53.5 Å². The number of aryl methyl sites for hydroxylation is 2. The van der Waals surface area contributed by atoms with Gasteiger partial charge in [0.05, 0.1) is 27.9 Å². The van der Waals surface area contributed by atoms with Crippen molar-refractivity contribution < 1.29 is 14.2 Å². The van der Waals surface area contributed by atoms with Crippen LogP contribution < -0.4 is 19.5 Å². The number of aromatic nitrogens is 3. The number of ether oxygens (including phenoxy) is 3. The summed E-state index contributed by atoms with van der Waals surface area (Å²) in [7, 11) is 4.09. The van der Waals surface area contributed by atoms with Gasteiger partial charge >= 0.3 is 0 Å². The standard InChI is InChI=1S/C41H44Cl2N6O3/c1-27-14-34(47-49(27)4)22-46-21-33-16-37(42)40(17-39(33)51-25-31-15-30(18-44)19-45-20-31)52-26-32-9-5-10-35(28(32)2)36-11-6-12-38(41(36)43)50-24-29-8-7-13-48(3)23-29/h5-6,9-12,14-17,19-20,29,46H,7-8,13,21-26H2,1-4H3. The highest BCUT2D eigenvalue weighted by atomic mass is 35.5. The number of benzene rings is 3. The Morgan fingerprint density at radius 2 is 1.69 bits per heavy atom. The van der Waals surface area contributed by atoms with Crippen molar-refractivity contribution >= 4 is 23.2 Å². The van der Waals surface area contributed by atoms with Crippen LogP contribution in [0.15, 0.2) is 73.1 Å². The van der Waals surface area contributed by atoms with Crippen LogP contribution in [0.5, 0.6) is 17.2 Å². The highest BCUT2D eigenvalue weighted by Gasteiger charge is 2.20. The molecule has 0 bridgehead atoms. The molecule has 9 nitrogen and oxygen atoms in total. The zero-order valence-electron chi connectivity index (χ0n) is 30.1. The molecule has 1 atom stereocenters. The Kier molecular flexibility index (Phi) is 12.4. The molecule has 1 saturated heterocycles. The molecule has 1 N–H and O–H groups in total. The highest BCUT2D eigenvalue weighted by Crippen LogP contribution is 2.39. The fourth-order valence-corrected chi connectivity index (χ4v) is 7.05. The number of hydrogen-bond acceptors (Lipinski definition) is 8. The summed E-state index contributed by atoms with van der Waals surface area (Å²) < 4.78 is 20.8. The van der Waals surface area contributed by atoms with Crippen LogP contribution in [-0.2, 0) is 33.4 Å². The first kappa shape index (κ1) is 37.2. The first-order valence-electron chi connectivity index (χ1n) is 17.5. The van der Waals surface area contributed by atoms with Gasteiger partial charge in [-0.25, -0.2) is 0 Å². The minimum atomic E-state index is 0.221. The van der Waals surface area contributed by atoms with E-state index in [1.807, 2.05) is 61.1 Å². The average molecular weight is 740 g/mol. The molecule has 270 valence electrons. The molecule has 2 aromatic heterocycles. The smallest absolute Gasteiger partial charge is 0.142 e. The van der Waals surface area contributed by atoms with Crippen LogP contribution >= 0.6 is 23.2 Å². The lowest BCUT2D eigenvalue weighted by atomic mass is 9.96. The van der Waals surface area contributed by atoms with Crippen molar-refractivity contribution in [2.45, 2.75) is 53.0 Å². The number of nitrogens with one attached hydrogen (secondary N) is 1. The maximum absolute atomic E-state index is 9.33. The van der Waals surface area contributed by atoms with Crippen LogP contribution in [0.3, 0.4) is 0 Å². The van der Waals surface area contributed by atoms with Gasteiger partial charge in [-0.05, 0) is 81.2 Å². The van der Waals surface area contributed by atoms with Crippen molar-refractivity contribution in [3.63, 3.8) is 0 Å². The number of likely N-dealkylation sites (tertiary alicyclic amines) is 1. The van der Waals surface area contributed by atoms with Crippen LogP contribution in [0.25, 0.3) is 11.1 Å². The number of piperidine rings is 1. The zero-order valence-corrected chi connectivity index (χ0v) is 31.6. The Bertz CT molecular complexity index is 2040. The third-order valence-electron chi connectivity index (χ3n) is 9.50. The molecular weight excluding hydrogens is 695 g/mol. The zero-order chi connectivity index (χ0) is 36.6. The number of pyridine rings is 1. The normalized spacial score (nSPS) is 14.6. The van der Waals surface area contributed by atoms with Crippen molar-refractivity contribution in [1.82, 2.24) is 25.0 Å². The van der Waals surface area contributed by atoms with Gasteiger partial charge in [-0.3, -0.25) is 9.67 Å². The maximum Gasteiger partial charge on any atom is 0.142 e. The monoisotopic (exact) mass is 738 g/mol. The molecule has 0 spiro atoms. The van der Waals surface area contributed by atoms with Gasteiger partial charge in [-0.2, -0.15) is 10.4 Å². The van der Waals surface area contributed by atoms with E-state index in [4.69, 9.17) is 37.4 Å². The molecule has 1 aliphatic rings. The maximum atomic E-state index is 9.33. The molecule has 11 heteroatoms. The highest BCUT2D eigenvalue weighted by molar-refractivity contribution is 6.35. The first-order chi connectivity index (χ1) is 25.2. The number of hydrogen-bond donors (Lipinski definition) is 1. The fraction of sp³-hybridized carbons (Fsp3) is 0.341. The lowest BCUT2D eigenvalue weighted by Crippen LogP contribution is -2.34. The molecule has 1 fully saturated rings. The van der Waals surface area contributed by atoms with Crippen molar-refractivity contribution in [2.24, 2.45) is 13.0 Å². The van der Waals surface area contributed by atoms with Gasteiger partial charge in [0, 0.05) is 73.4 Å². The molecule has 3 aromatic carbocycles. The summed E-state index contributed by atoms with van der Waals surface area (Å²) in [6, 6.07) is 21.7. The van der Waals surface area contributed by atoms with E-state index in [9.17, 15) is 5.26 Å². The largest absolute Gasteiger partial charge is 0.492 e. The molecule has 0 saturated carbocycles. The molecule has 1 unspecified atom stereocenters. The summed E-state index contributed by atoms with van der Waals surface area (Å²) in [5, 5.41) is 18.4. The third kappa shape index (κ3) is 9.25. The van der Waals surface area contributed by atoms with Gasteiger partial charge in [0.2, 0.25) is 0 Å². The third-order valence-corrected chi connectivity index (χ3v) is 10.2. The average Bonchev–Trinajstić information content (AvgIpc) is 3.46. The number of nitriles is 1. The van der Waals surface area contributed by atoms with E-state index in [1.165, 1.54) is 19.0 Å². The SMILES string of the molecule is Cc1c(COc2cc(OCc3cncc(C#N)c3)c(CNCc3cc(C)n(C)n3)cc2Cl)cccc1-c1cccc(OCC2CCCN(C)C2)c1Cl. The van der Waals surface area contributed by atoms with Crippen LogP contribution in [-0.4, -0.2) is 46.4 Å². The number of nitrogens with zero attached hydrogens (tertiary/aromatic N) is 5. The second kappa shape index (κ2) is 17.3. The lowest BCUT2D eigenvalue weighted by Gasteiger charge is -2.29. The van der Waals surface area contributed by atoms with Gasteiger partial charge in [-0.15, -0.1) is 0 Å². The molecular formula is C41H44Cl2N6O3. The Balaban J connectivity index is 1.18. The Hall–Kier alpha value is -4.59. The Morgan fingerprint density at radius 1 is 0.885 bits per heavy atom. The van der Waals surface area contributed by atoms with Gasteiger partial charge < -0.3 is 24.4 Å². The quantitative estimate of drug-likeness (QED) is 0.121. The summed E-state index contributed by atoms with van der Waals surface area (Å²) in [5.74, 6) is 2.30. The summed E-state index contributed by atoms with van der Waals surface area (Å²) in [6.45, 7) is 8.50. The van der Waals surface area contributed by atoms with Crippen molar-refractivity contribution in [3.05, 3.63) is 122 Å². The van der Waals surface area contributed by atoms with Gasteiger partial charge in [0.15, 0.2) is 0 Å². The number of rotatable bonds is 14. The molecule has 0 amide bonds. The summed E-state index contributed by atoms with van der Waals surface area (Å²) >= 11 is 13.8. The van der Waals surface area contributed by atoms with Crippen LogP contribution in [0, 0.1) is 31.1 Å². The van der Waals surface area contributed by atoms with Crippen molar-refractivity contribution in [3.8, 4) is 34.4 Å². The molecule has 0 radical (unpaired) electrons. The first-order valence-corrected chi connectivity index (χ1v) is 18.2. The minimum absolute atomic E-state index is 0.221. The molecule has 52 heavy (non-hydrogen) atoms.